The molecule has 9 heavy (non-hydrogen) atoms. The van der Waals surface area contributed by atoms with Gasteiger partial charge in [0.05, 0.1) is 5.75 Å². The third-order valence-electron chi connectivity index (χ3n) is 0.477. The summed E-state index contributed by atoms with van der Waals surface area (Å²) in [6.45, 7) is 0. The summed E-state index contributed by atoms with van der Waals surface area (Å²) in [4.78, 5) is 0. The molecule has 56 valence electrons. The summed E-state index contributed by atoms with van der Waals surface area (Å²) >= 11 is 0.551. The van der Waals surface area contributed by atoms with Crippen LogP contribution < -0.4 is 0 Å². The van der Waals surface area contributed by atoms with E-state index in [1.165, 1.54) is 0 Å². The lowest BCUT2D eigenvalue weighted by atomic mass is 11.0. The molecule has 0 spiro atoms. The molecule has 0 aliphatic heterocycles. The van der Waals surface area contributed by atoms with Crippen molar-refractivity contribution in [1.29, 1.82) is 0 Å². The van der Waals surface area contributed by atoms with Gasteiger partial charge >= 0.3 is 0 Å². The Balaban J connectivity index is 3.30. The molecule has 0 aliphatic rings. The average Bonchev–Trinajstić information content (AvgIpc) is 1.63. The molecule has 0 amide bonds. The third kappa shape index (κ3) is 8.18. The lowest BCUT2D eigenvalue weighted by Crippen LogP contribution is -2.05. The van der Waals surface area contributed by atoms with E-state index in [0.717, 1.165) is 0 Å². The van der Waals surface area contributed by atoms with Crippen LogP contribution in [0.5, 0.6) is 0 Å². The highest BCUT2D eigenvalue weighted by Crippen LogP contribution is 1.98. The SMILES string of the molecule is O=S(=O)(O)CCSOO. The predicted molar refractivity (Wildman–Crippen MR) is 32.6 cm³/mol. The largest absolute Gasteiger partial charge is 0.286 e. The molecule has 0 aromatic rings. The fourth-order valence-corrected chi connectivity index (χ4v) is 1.37. The first-order valence-corrected chi connectivity index (χ1v) is 4.46. The van der Waals surface area contributed by atoms with E-state index in [1.807, 2.05) is 0 Å². The van der Waals surface area contributed by atoms with E-state index in [2.05, 4.69) is 4.33 Å². The van der Waals surface area contributed by atoms with Crippen molar-refractivity contribution in [3.05, 3.63) is 0 Å². The van der Waals surface area contributed by atoms with Gasteiger partial charge in [0.2, 0.25) is 0 Å². The highest BCUT2D eigenvalue weighted by Gasteiger charge is 2.02. The van der Waals surface area contributed by atoms with Crippen LogP contribution in [0.15, 0.2) is 0 Å². The van der Waals surface area contributed by atoms with Crippen LogP contribution in [0.4, 0.5) is 0 Å². The normalized spacial score (nSPS) is 11.8. The van der Waals surface area contributed by atoms with E-state index in [4.69, 9.17) is 9.81 Å². The number of hydrogen-bond acceptors (Lipinski definition) is 5. The molecular formula is C2H6O5S2. The molecule has 0 unspecified atom stereocenters. The summed E-state index contributed by atoms with van der Waals surface area (Å²) in [6.07, 6.45) is 0. The molecule has 0 bridgehead atoms. The first kappa shape index (κ1) is 9.18. The molecule has 0 aromatic heterocycles. The zero-order valence-corrected chi connectivity index (χ0v) is 5.98. The molecule has 0 radical (unpaired) electrons. The van der Waals surface area contributed by atoms with Gasteiger partial charge in [-0.25, -0.2) is 5.26 Å². The molecule has 0 atom stereocenters. The van der Waals surface area contributed by atoms with Crippen LogP contribution in [-0.2, 0) is 14.5 Å². The first-order chi connectivity index (χ1) is 4.06. The van der Waals surface area contributed by atoms with Gasteiger partial charge in [0.1, 0.15) is 0 Å². The fraction of sp³-hybridized carbons (Fsp3) is 1.00. The minimum Gasteiger partial charge on any atom is -0.286 e. The molecule has 7 heteroatoms. The van der Waals surface area contributed by atoms with Crippen molar-refractivity contribution in [1.82, 2.24) is 0 Å². The second-order valence-corrected chi connectivity index (χ2v) is 3.55. The topological polar surface area (TPSA) is 83.8 Å². The van der Waals surface area contributed by atoms with Gasteiger partial charge in [-0.05, 0) is 0 Å². The van der Waals surface area contributed by atoms with Crippen LogP contribution in [0.2, 0.25) is 0 Å². The van der Waals surface area contributed by atoms with Crippen molar-refractivity contribution < 1.29 is 22.6 Å². The first-order valence-electron chi connectivity index (χ1n) is 1.94. The van der Waals surface area contributed by atoms with Crippen LogP contribution >= 0.6 is 12.0 Å². The summed E-state index contributed by atoms with van der Waals surface area (Å²) < 4.78 is 31.4. The number of rotatable bonds is 4. The second kappa shape index (κ2) is 4.07. The van der Waals surface area contributed by atoms with E-state index in [1.54, 1.807) is 0 Å². The Kier molecular flexibility index (Phi) is 4.15. The summed E-state index contributed by atoms with van der Waals surface area (Å²) in [7, 11) is -3.91. The summed E-state index contributed by atoms with van der Waals surface area (Å²) in [5.74, 6) is -0.409. The van der Waals surface area contributed by atoms with Gasteiger partial charge in [-0.15, -0.1) is 0 Å². The predicted octanol–water partition coefficient (Wildman–Crippen LogP) is 0.0120. The Morgan fingerprint density at radius 2 is 2.11 bits per heavy atom. The van der Waals surface area contributed by atoms with Gasteiger partial charge in [0, 0.05) is 17.8 Å². The van der Waals surface area contributed by atoms with E-state index in [9.17, 15) is 8.42 Å². The molecule has 0 aromatic carbocycles. The van der Waals surface area contributed by atoms with Gasteiger partial charge in [-0.2, -0.15) is 12.8 Å². The van der Waals surface area contributed by atoms with Crippen molar-refractivity contribution in [3.63, 3.8) is 0 Å². The van der Waals surface area contributed by atoms with Crippen LogP contribution in [0.25, 0.3) is 0 Å². The summed E-state index contributed by atoms with van der Waals surface area (Å²) in [6, 6.07) is 0. The van der Waals surface area contributed by atoms with Crippen molar-refractivity contribution in [3.8, 4) is 0 Å². The Morgan fingerprint density at radius 3 is 2.44 bits per heavy atom. The van der Waals surface area contributed by atoms with E-state index >= 15 is 0 Å². The van der Waals surface area contributed by atoms with Gasteiger partial charge in [0.25, 0.3) is 10.1 Å². The second-order valence-electron chi connectivity index (χ2n) is 1.18. The van der Waals surface area contributed by atoms with E-state index in [0.29, 0.717) is 12.0 Å². The Bertz CT molecular complexity index is 148. The molecule has 0 heterocycles. The van der Waals surface area contributed by atoms with Crippen LogP contribution in [0.3, 0.4) is 0 Å². The van der Waals surface area contributed by atoms with Gasteiger partial charge in [0.15, 0.2) is 0 Å². The molecule has 0 aliphatic carbocycles. The fourth-order valence-electron chi connectivity index (χ4n) is 0.177. The quantitative estimate of drug-likeness (QED) is 0.205. The monoisotopic (exact) mass is 174 g/mol. The maximum atomic E-state index is 9.91. The van der Waals surface area contributed by atoms with Crippen molar-refractivity contribution in [2.24, 2.45) is 0 Å². The molecule has 2 N–H and O–H groups in total. The number of hydrogen-bond donors (Lipinski definition) is 2. The van der Waals surface area contributed by atoms with Crippen molar-refractivity contribution in [2.75, 3.05) is 11.5 Å². The molecular weight excluding hydrogens is 168 g/mol. The smallest absolute Gasteiger partial charge is 0.265 e. The third-order valence-corrected chi connectivity index (χ3v) is 1.93. The summed E-state index contributed by atoms with van der Waals surface area (Å²) in [5.41, 5.74) is 0. The van der Waals surface area contributed by atoms with Crippen LogP contribution in [0.1, 0.15) is 0 Å². The maximum Gasteiger partial charge on any atom is 0.265 e. The molecule has 5 nitrogen and oxygen atoms in total. The van der Waals surface area contributed by atoms with Crippen molar-refractivity contribution >= 4 is 22.2 Å². The van der Waals surface area contributed by atoms with Crippen LogP contribution in [-0.4, -0.2) is 29.7 Å². The molecule has 0 fully saturated rings. The highest BCUT2D eigenvalue weighted by atomic mass is 32.2. The maximum absolute atomic E-state index is 9.91. The highest BCUT2D eigenvalue weighted by molar-refractivity contribution is 7.95. The standard InChI is InChI=1S/C2H6O5S2/c3-7-8-1-2-9(4,5)6/h3H,1-2H2,(H,4,5,6). The average molecular weight is 174 g/mol. The van der Waals surface area contributed by atoms with E-state index < -0.39 is 15.9 Å². The minimum absolute atomic E-state index is 0.00926. The lowest BCUT2D eigenvalue weighted by molar-refractivity contribution is -0.116. The van der Waals surface area contributed by atoms with Gasteiger partial charge in [-0.3, -0.25) is 4.55 Å². The zero-order valence-electron chi connectivity index (χ0n) is 4.35. The zero-order chi connectivity index (χ0) is 7.33. The Morgan fingerprint density at radius 1 is 1.56 bits per heavy atom. The molecule has 0 saturated heterocycles. The van der Waals surface area contributed by atoms with E-state index in [-0.39, 0.29) is 5.75 Å². The Labute approximate surface area is 56.9 Å². The minimum atomic E-state index is -3.91. The molecule has 0 saturated carbocycles. The summed E-state index contributed by atoms with van der Waals surface area (Å²) in [5, 5.41) is 7.65. The van der Waals surface area contributed by atoms with Crippen LogP contribution in [0, 0.1) is 0 Å². The van der Waals surface area contributed by atoms with Gasteiger partial charge in [-0.1, -0.05) is 0 Å². The van der Waals surface area contributed by atoms with Crippen molar-refractivity contribution in [2.45, 2.75) is 0 Å². The molecule has 0 rings (SSSR count). The van der Waals surface area contributed by atoms with Gasteiger partial charge < -0.3 is 0 Å². The Hall–Kier alpha value is 0.180. The lowest BCUT2D eigenvalue weighted by Gasteiger charge is -1.91.